The van der Waals surface area contributed by atoms with Crippen LogP contribution in [-0.4, -0.2) is 30.8 Å². The molecular weight excluding hydrogens is 297 g/mol. The number of amides is 2. The van der Waals surface area contributed by atoms with Gasteiger partial charge in [0.2, 0.25) is 0 Å². The smallest absolute Gasteiger partial charge is 0.396 e. The molecule has 4 nitrogen and oxygen atoms in total. The summed E-state index contributed by atoms with van der Waals surface area (Å²) in [7, 11) is 0. The number of hydrogen-bond acceptors (Lipinski definition) is 2. The first kappa shape index (κ1) is 16.6. The van der Waals surface area contributed by atoms with Crippen LogP contribution in [0.5, 0.6) is 0 Å². The average molecular weight is 316 g/mol. The van der Waals surface area contributed by atoms with Crippen LogP contribution < -0.4 is 10.6 Å². The molecule has 1 fully saturated rings. The summed E-state index contributed by atoms with van der Waals surface area (Å²) in [6.07, 6.45) is -2.05. The number of aliphatic hydroxyl groups excluding tert-OH is 1. The summed E-state index contributed by atoms with van der Waals surface area (Å²) in [4.78, 5) is 11.6. The van der Waals surface area contributed by atoms with Crippen LogP contribution in [0.25, 0.3) is 0 Å². The summed E-state index contributed by atoms with van der Waals surface area (Å²) in [5, 5.41) is 14.5. The molecule has 1 saturated carbocycles. The van der Waals surface area contributed by atoms with Crippen molar-refractivity contribution in [2.24, 2.45) is 5.41 Å². The third-order valence-electron chi connectivity index (χ3n) is 3.90. The minimum Gasteiger partial charge on any atom is -0.396 e. The monoisotopic (exact) mass is 316 g/mol. The first-order chi connectivity index (χ1) is 10.3. The molecule has 1 aliphatic carbocycles. The number of carbonyl (C=O) groups excluding carboxylic acids is 1. The summed E-state index contributed by atoms with van der Waals surface area (Å²) in [6, 6.07) is 4.56. The highest BCUT2D eigenvalue weighted by Gasteiger charge is 2.42. The highest BCUT2D eigenvalue weighted by atomic mass is 19.4. The first-order valence-corrected chi connectivity index (χ1v) is 7.13. The van der Waals surface area contributed by atoms with Gasteiger partial charge in [0.15, 0.2) is 0 Å². The van der Waals surface area contributed by atoms with Crippen LogP contribution in [0, 0.1) is 5.41 Å². The Morgan fingerprint density at radius 1 is 1.18 bits per heavy atom. The molecule has 3 N–H and O–H groups in total. The molecular formula is C15H19F3N2O2. The predicted octanol–water partition coefficient (Wildman–Crippen LogP) is 2.32. The zero-order valence-corrected chi connectivity index (χ0v) is 12.0. The van der Waals surface area contributed by atoms with Crippen LogP contribution in [0.3, 0.4) is 0 Å². The first-order valence-electron chi connectivity index (χ1n) is 7.13. The van der Waals surface area contributed by atoms with Gasteiger partial charge in [0.1, 0.15) is 0 Å². The van der Waals surface area contributed by atoms with Gasteiger partial charge < -0.3 is 15.7 Å². The lowest BCUT2D eigenvalue weighted by Gasteiger charge is -2.13. The van der Waals surface area contributed by atoms with E-state index in [2.05, 4.69) is 10.6 Å². The van der Waals surface area contributed by atoms with E-state index in [1.54, 1.807) is 0 Å². The molecule has 0 heterocycles. The van der Waals surface area contributed by atoms with Gasteiger partial charge in [-0.1, -0.05) is 12.1 Å². The maximum Gasteiger partial charge on any atom is 0.416 e. The standard InChI is InChI=1S/C15H19F3N2O2/c16-15(17,18)12-3-1-11(2-4-12)5-8-19-13(22)20-9-14(10-21)6-7-14/h1-4,21H,5-10H2,(H2,19,20,22). The Morgan fingerprint density at radius 3 is 2.32 bits per heavy atom. The normalized spacial score (nSPS) is 16.2. The van der Waals surface area contributed by atoms with Gasteiger partial charge in [0, 0.05) is 18.5 Å². The van der Waals surface area contributed by atoms with E-state index in [0.29, 0.717) is 19.5 Å². The molecule has 122 valence electrons. The topological polar surface area (TPSA) is 61.4 Å². The summed E-state index contributed by atoms with van der Waals surface area (Å²) >= 11 is 0. The number of urea groups is 1. The van der Waals surface area contributed by atoms with Crippen LogP contribution in [0.4, 0.5) is 18.0 Å². The minimum atomic E-state index is -4.33. The second-order valence-electron chi connectivity index (χ2n) is 5.71. The lowest BCUT2D eigenvalue weighted by Crippen LogP contribution is -2.40. The van der Waals surface area contributed by atoms with Gasteiger partial charge in [-0.3, -0.25) is 0 Å². The Kier molecular flexibility index (Phi) is 4.95. The fraction of sp³-hybridized carbons (Fsp3) is 0.533. The fourth-order valence-corrected chi connectivity index (χ4v) is 2.08. The maximum absolute atomic E-state index is 12.4. The van der Waals surface area contributed by atoms with Gasteiger partial charge in [-0.05, 0) is 37.0 Å². The number of rotatable bonds is 6. The van der Waals surface area contributed by atoms with Crippen molar-refractivity contribution in [3.63, 3.8) is 0 Å². The molecule has 0 saturated heterocycles. The van der Waals surface area contributed by atoms with E-state index >= 15 is 0 Å². The van der Waals surface area contributed by atoms with Gasteiger partial charge in [0.25, 0.3) is 0 Å². The molecule has 0 aromatic heterocycles. The quantitative estimate of drug-likeness (QED) is 0.754. The second kappa shape index (κ2) is 6.56. The van der Waals surface area contributed by atoms with E-state index in [1.807, 2.05) is 0 Å². The van der Waals surface area contributed by atoms with Crippen molar-refractivity contribution in [1.29, 1.82) is 0 Å². The van der Waals surface area contributed by atoms with Crippen molar-refractivity contribution in [3.05, 3.63) is 35.4 Å². The summed E-state index contributed by atoms with van der Waals surface area (Å²) in [5.74, 6) is 0. The average Bonchev–Trinajstić information content (AvgIpc) is 3.25. The van der Waals surface area contributed by atoms with Gasteiger partial charge in [0.05, 0.1) is 12.2 Å². The molecule has 0 aliphatic heterocycles. The molecule has 2 rings (SSSR count). The number of halogens is 3. The lowest BCUT2D eigenvalue weighted by atomic mass is 10.1. The number of hydrogen-bond donors (Lipinski definition) is 3. The Balaban J connectivity index is 1.68. The number of alkyl halides is 3. The summed E-state index contributed by atoms with van der Waals surface area (Å²) in [6.45, 7) is 0.845. The third-order valence-corrected chi connectivity index (χ3v) is 3.90. The van der Waals surface area contributed by atoms with Crippen molar-refractivity contribution in [1.82, 2.24) is 10.6 Å². The molecule has 0 spiro atoms. The Morgan fingerprint density at radius 2 is 1.82 bits per heavy atom. The lowest BCUT2D eigenvalue weighted by molar-refractivity contribution is -0.137. The Bertz CT molecular complexity index is 511. The number of carbonyl (C=O) groups is 1. The molecule has 1 aromatic rings. The zero-order chi connectivity index (χ0) is 16.2. The van der Waals surface area contributed by atoms with Crippen LogP contribution in [-0.2, 0) is 12.6 Å². The molecule has 0 atom stereocenters. The molecule has 7 heteroatoms. The van der Waals surface area contributed by atoms with Crippen molar-refractivity contribution in [2.75, 3.05) is 19.7 Å². The molecule has 0 unspecified atom stereocenters. The molecule has 1 aromatic carbocycles. The Labute approximate surface area is 126 Å². The number of nitrogens with one attached hydrogen (secondary N) is 2. The number of benzene rings is 1. The van der Waals surface area contributed by atoms with Crippen molar-refractivity contribution in [3.8, 4) is 0 Å². The summed E-state index contributed by atoms with van der Waals surface area (Å²) in [5.41, 5.74) is -0.104. The van der Waals surface area contributed by atoms with Crippen molar-refractivity contribution in [2.45, 2.75) is 25.4 Å². The fourth-order valence-electron chi connectivity index (χ4n) is 2.08. The molecule has 1 aliphatic rings. The Hall–Kier alpha value is -1.76. The largest absolute Gasteiger partial charge is 0.416 e. The van der Waals surface area contributed by atoms with Gasteiger partial charge in [-0.25, -0.2) is 4.79 Å². The molecule has 22 heavy (non-hydrogen) atoms. The SMILES string of the molecule is O=C(NCCc1ccc(C(F)(F)F)cc1)NCC1(CO)CC1. The van der Waals surface area contributed by atoms with Crippen molar-refractivity contribution < 1.29 is 23.1 Å². The van der Waals surface area contributed by atoms with Crippen LogP contribution >= 0.6 is 0 Å². The number of aliphatic hydroxyl groups is 1. The molecule has 2 amide bonds. The minimum absolute atomic E-state index is 0.0683. The maximum atomic E-state index is 12.4. The zero-order valence-electron chi connectivity index (χ0n) is 12.0. The van der Waals surface area contributed by atoms with E-state index in [-0.39, 0.29) is 18.1 Å². The van der Waals surface area contributed by atoms with Gasteiger partial charge >= 0.3 is 12.2 Å². The van der Waals surface area contributed by atoms with E-state index < -0.39 is 11.7 Å². The van der Waals surface area contributed by atoms with E-state index in [1.165, 1.54) is 12.1 Å². The van der Waals surface area contributed by atoms with E-state index in [9.17, 15) is 18.0 Å². The van der Waals surface area contributed by atoms with Crippen molar-refractivity contribution >= 4 is 6.03 Å². The van der Waals surface area contributed by atoms with Gasteiger partial charge in [-0.15, -0.1) is 0 Å². The van der Waals surface area contributed by atoms with Crippen LogP contribution in [0.15, 0.2) is 24.3 Å². The van der Waals surface area contributed by atoms with Crippen LogP contribution in [0.1, 0.15) is 24.0 Å². The molecule has 0 bridgehead atoms. The molecule has 0 radical (unpaired) electrons. The highest BCUT2D eigenvalue weighted by molar-refractivity contribution is 5.73. The van der Waals surface area contributed by atoms with E-state index in [4.69, 9.17) is 5.11 Å². The van der Waals surface area contributed by atoms with Gasteiger partial charge in [-0.2, -0.15) is 13.2 Å². The highest BCUT2D eigenvalue weighted by Crippen LogP contribution is 2.44. The summed E-state index contributed by atoms with van der Waals surface area (Å²) < 4.78 is 37.2. The van der Waals surface area contributed by atoms with Crippen LogP contribution in [0.2, 0.25) is 0 Å². The second-order valence-corrected chi connectivity index (χ2v) is 5.71. The predicted molar refractivity (Wildman–Crippen MR) is 75.3 cm³/mol. The third kappa shape index (κ3) is 4.62. The van der Waals surface area contributed by atoms with E-state index in [0.717, 1.165) is 30.5 Å².